The molecule has 0 aliphatic heterocycles. The zero-order valence-electron chi connectivity index (χ0n) is 12.4. The van der Waals surface area contributed by atoms with Gasteiger partial charge in [-0.15, -0.1) is 11.3 Å². The van der Waals surface area contributed by atoms with Crippen LogP contribution in [0.25, 0.3) is 0 Å². The first-order valence-electron chi connectivity index (χ1n) is 7.00. The summed E-state index contributed by atoms with van der Waals surface area (Å²) in [5.74, 6) is -1.31. The maximum absolute atomic E-state index is 12.3. The number of amides is 3. The number of esters is 1. The molecule has 120 valence electrons. The van der Waals surface area contributed by atoms with Crippen molar-refractivity contribution in [3.05, 3.63) is 58.3 Å². The van der Waals surface area contributed by atoms with Crippen LogP contribution in [0.3, 0.4) is 0 Å². The number of hydrogen-bond donors (Lipinski definition) is 2. The molecule has 1 atom stereocenters. The number of carbonyl (C=O) groups excluding carboxylic acids is 3. The zero-order valence-corrected chi connectivity index (χ0v) is 13.3. The third-order valence-corrected chi connectivity index (χ3v) is 3.71. The minimum atomic E-state index is -1.20. The maximum Gasteiger partial charge on any atom is 0.349 e. The van der Waals surface area contributed by atoms with Gasteiger partial charge >= 0.3 is 12.0 Å². The largest absolute Gasteiger partial charge is 0.443 e. The summed E-state index contributed by atoms with van der Waals surface area (Å²) in [6.45, 7) is 2.11. The minimum Gasteiger partial charge on any atom is -0.443 e. The van der Waals surface area contributed by atoms with Crippen LogP contribution in [0.15, 0.2) is 47.8 Å². The number of hydrogen-bond acceptors (Lipinski definition) is 5. The highest BCUT2D eigenvalue weighted by molar-refractivity contribution is 7.11. The molecule has 0 bridgehead atoms. The first kappa shape index (κ1) is 16.7. The van der Waals surface area contributed by atoms with Crippen molar-refractivity contribution in [2.75, 3.05) is 6.54 Å². The predicted molar refractivity (Wildman–Crippen MR) is 86.1 cm³/mol. The van der Waals surface area contributed by atoms with Gasteiger partial charge in [-0.05, 0) is 18.4 Å². The summed E-state index contributed by atoms with van der Waals surface area (Å²) in [6.07, 6.45) is -1.20. The molecule has 1 heterocycles. The summed E-state index contributed by atoms with van der Waals surface area (Å²) in [6, 6.07) is 11.2. The van der Waals surface area contributed by atoms with Crippen molar-refractivity contribution in [2.45, 2.75) is 13.0 Å². The predicted octanol–water partition coefficient (Wildman–Crippen LogP) is 2.49. The van der Waals surface area contributed by atoms with Crippen molar-refractivity contribution in [1.82, 2.24) is 10.6 Å². The van der Waals surface area contributed by atoms with E-state index < -0.39 is 24.0 Å². The van der Waals surface area contributed by atoms with Crippen molar-refractivity contribution in [3.8, 4) is 0 Å². The van der Waals surface area contributed by atoms with Crippen LogP contribution in [0.2, 0.25) is 0 Å². The fourth-order valence-electron chi connectivity index (χ4n) is 1.84. The van der Waals surface area contributed by atoms with Crippen LogP contribution in [-0.4, -0.2) is 24.5 Å². The summed E-state index contributed by atoms with van der Waals surface area (Å²) in [4.78, 5) is 36.3. The van der Waals surface area contributed by atoms with Crippen LogP contribution < -0.4 is 10.6 Å². The summed E-state index contributed by atoms with van der Waals surface area (Å²) < 4.78 is 5.30. The molecule has 2 rings (SSSR count). The van der Waals surface area contributed by atoms with Crippen molar-refractivity contribution >= 4 is 29.2 Å². The van der Waals surface area contributed by atoms with E-state index in [1.807, 2.05) is 0 Å². The molecule has 0 fully saturated rings. The second-order valence-electron chi connectivity index (χ2n) is 4.52. The van der Waals surface area contributed by atoms with Crippen molar-refractivity contribution in [3.63, 3.8) is 0 Å². The molecular weight excluding hydrogens is 316 g/mol. The molecule has 2 N–H and O–H groups in total. The lowest BCUT2D eigenvalue weighted by molar-refractivity contribution is -0.129. The van der Waals surface area contributed by atoms with E-state index >= 15 is 0 Å². The molecule has 1 aromatic heterocycles. The Morgan fingerprint density at radius 1 is 1.13 bits per heavy atom. The van der Waals surface area contributed by atoms with Gasteiger partial charge in [0.2, 0.25) is 6.10 Å². The number of ether oxygens (including phenoxy) is 1. The molecule has 0 spiro atoms. The van der Waals surface area contributed by atoms with Gasteiger partial charge in [0.1, 0.15) is 4.88 Å². The van der Waals surface area contributed by atoms with E-state index in [4.69, 9.17) is 4.74 Å². The topological polar surface area (TPSA) is 84.5 Å². The van der Waals surface area contributed by atoms with Gasteiger partial charge in [-0.3, -0.25) is 10.1 Å². The molecule has 0 aliphatic rings. The monoisotopic (exact) mass is 332 g/mol. The van der Waals surface area contributed by atoms with Gasteiger partial charge in [0.15, 0.2) is 0 Å². The zero-order chi connectivity index (χ0) is 16.7. The summed E-state index contributed by atoms with van der Waals surface area (Å²) in [7, 11) is 0. The van der Waals surface area contributed by atoms with Gasteiger partial charge in [0.25, 0.3) is 5.91 Å². The number of imide groups is 1. The smallest absolute Gasteiger partial charge is 0.349 e. The second kappa shape index (κ2) is 8.09. The lowest BCUT2D eigenvalue weighted by Gasteiger charge is -2.17. The number of carbonyl (C=O) groups is 3. The molecule has 0 saturated carbocycles. The Bertz CT molecular complexity index is 671. The van der Waals surface area contributed by atoms with Crippen LogP contribution >= 0.6 is 11.3 Å². The second-order valence-corrected chi connectivity index (χ2v) is 5.47. The number of benzene rings is 1. The molecule has 6 nitrogen and oxygen atoms in total. The molecule has 0 aliphatic carbocycles. The maximum atomic E-state index is 12.3. The average Bonchev–Trinajstić information content (AvgIpc) is 3.07. The van der Waals surface area contributed by atoms with Crippen LogP contribution in [0.5, 0.6) is 0 Å². The van der Waals surface area contributed by atoms with Crippen molar-refractivity contribution < 1.29 is 19.1 Å². The van der Waals surface area contributed by atoms with E-state index in [1.54, 1.807) is 54.8 Å². The molecular formula is C16H16N2O4S. The van der Waals surface area contributed by atoms with Crippen LogP contribution in [0.1, 0.15) is 28.3 Å². The fraction of sp³-hybridized carbons (Fsp3) is 0.188. The SMILES string of the molecule is CCNC(=O)NC(=O)[C@@H](OC(=O)c1cccs1)c1ccccc1. The highest BCUT2D eigenvalue weighted by Gasteiger charge is 2.27. The van der Waals surface area contributed by atoms with E-state index in [1.165, 1.54) is 11.3 Å². The first-order valence-corrected chi connectivity index (χ1v) is 7.88. The number of thiophene rings is 1. The normalized spacial score (nSPS) is 11.3. The Morgan fingerprint density at radius 3 is 2.48 bits per heavy atom. The third-order valence-electron chi connectivity index (χ3n) is 2.86. The third kappa shape index (κ3) is 4.65. The number of rotatable bonds is 5. The molecule has 7 heteroatoms. The van der Waals surface area contributed by atoms with E-state index in [9.17, 15) is 14.4 Å². The number of urea groups is 1. The van der Waals surface area contributed by atoms with Crippen molar-refractivity contribution in [1.29, 1.82) is 0 Å². The van der Waals surface area contributed by atoms with Gasteiger partial charge < -0.3 is 10.1 Å². The fourth-order valence-corrected chi connectivity index (χ4v) is 2.45. The molecule has 23 heavy (non-hydrogen) atoms. The quantitative estimate of drug-likeness (QED) is 0.824. The Labute approximate surface area is 137 Å². The Hall–Kier alpha value is -2.67. The van der Waals surface area contributed by atoms with Gasteiger partial charge in [-0.2, -0.15) is 0 Å². The molecule has 0 radical (unpaired) electrons. The van der Waals surface area contributed by atoms with E-state index in [2.05, 4.69) is 10.6 Å². The van der Waals surface area contributed by atoms with Gasteiger partial charge in [0, 0.05) is 12.1 Å². The number of nitrogens with one attached hydrogen (secondary N) is 2. The van der Waals surface area contributed by atoms with Crippen molar-refractivity contribution in [2.24, 2.45) is 0 Å². The summed E-state index contributed by atoms with van der Waals surface area (Å²) >= 11 is 1.22. The van der Waals surface area contributed by atoms with Crippen LogP contribution in [0, 0.1) is 0 Å². The van der Waals surface area contributed by atoms with Crippen LogP contribution in [0.4, 0.5) is 4.79 Å². The lowest BCUT2D eigenvalue weighted by Crippen LogP contribution is -2.42. The average molecular weight is 332 g/mol. The molecule has 0 saturated heterocycles. The van der Waals surface area contributed by atoms with Gasteiger partial charge in [0.05, 0.1) is 0 Å². The van der Waals surface area contributed by atoms with E-state index in [-0.39, 0.29) is 0 Å². The Balaban J connectivity index is 2.17. The molecule has 3 amide bonds. The Kier molecular flexibility index (Phi) is 5.87. The van der Waals surface area contributed by atoms with Gasteiger partial charge in [-0.25, -0.2) is 9.59 Å². The van der Waals surface area contributed by atoms with Crippen LogP contribution in [-0.2, 0) is 9.53 Å². The van der Waals surface area contributed by atoms with E-state index in [0.29, 0.717) is 17.0 Å². The minimum absolute atomic E-state index is 0.379. The Morgan fingerprint density at radius 2 is 1.87 bits per heavy atom. The first-order chi connectivity index (χ1) is 11.1. The molecule has 2 aromatic rings. The standard InChI is InChI=1S/C16H16N2O4S/c1-2-17-16(21)18-14(19)13(11-7-4-3-5-8-11)22-15(20)12-9-6-10-23-12/h3-10,13H,2H2,1H3,(H2,17,18,19,21)/t13-/m0/s1. The van der Waals surface area contributed by atoms with Gasteiger partial charge in [-0.1, -0.05) is 36.4 Å². The highest BCUT2D eigenvalue weighted by atomic mass is 32.1. The summed E-state index contributed by atoms with van der Waals surface area (Å²) in [5.41, 5.74) is 0.485. The molecule has 1 aromatic carbocycles. The molecule has 0 unspecified atom stereocenters. The highest BCUT2D eigenvalue weighted by Crippen LogP contribution is 2.21. The lowest BCUT2D eigenvalue weighted by atomic mass is 10.1. The summed E-state index contributed by atoms with van der Waals surface area (Å²) in [5, 5.41) is 6.36. The van der Waals surface area contributed by atoms with E-state index in [0.717, 1.165) is 0 Å².